The van der Waals surface area contributed by atoms with Crippen LogP contribution in [0.15, 0.2) is 24.3 Å². The average Bonchev–Trinajstić information content (AvgIpc) is 3.10. The summed E-state index contributed by atoms with van der Waals surface area (Å²) in [7, 11) is 3.17. The number of nitrogens with zero attached hydrogens (tertiary/aromatic N) is 2. The first-order valence-corrected chi connectivity index (χ1v) is 9.98. The van der Waals surface area contributed by atoms with Crippen molar-refractivity contribution in [1.82, 2.24) is 10.1 Å². The van der Waals surface area contributed by atoms with Crippen molar-refractivity contribution in [3.63, 3.8) is 0 Å². The van der Waals surface area contributed by atoms with Crippen molar-refractivity contribution in [2.24, 2.45) is 5.41 Å². The quantitative estimate of drug-likeness (QED) is 0.464. The predicted molar refractivity (Wildman–Crippen MR) is 101 cm³/mol. The number of benzene rings is 1. The Morgan fingerprint density at radius 3 is 2.90 bits per heavy atom. The van der Waals surface area contributed by atoms with Gasteiger partial charge in [-0.05, 0) is 30.9 Å². The lowest BCUT2D eigenvalue weighted by Gasteiger charge is -2.71. The maximum absolute atomic E-state index is 12.3. The summed E-state index contributed by atoms with van der Waals surface area (Å²) in [5, 5.41) is 22.3. The molecule has 6 unspecified atom stereocenters. The van der Waals surface area contributed by atoms with E-state index in [1.165, 1.54) is 0 Å². The molecule has 2 heterocycles. The van der Waals surface area contributed by atoms with Gasteiger partial charge in [0.05, 0.1) is 18.6 Å². The van der Waals surface area contributed by atoms with E-state index in [2.05, 4.69) is 12.1 Å². The Morgan fingerprint density at radius 1 is 1.38 bits per heavy atom. The van der Waals surface area contributed by atoms with Crippen molar-refractivity contribution in [2.75, 3.05) is 20.8 Å². The van der Waals surface area contributed by atoms with Gasteiger partial charge in [0.25, 0.3) is 0 Å². The molecule has 0 radical (unpaired) electrons. The van der Waals surface area contributed by atoms with E-state index in [4.69, 9.17) is 14.2 Å². The van der Waals surface area contributed by atoms with E-state index in [1.807, 2.05) is 17.0 Å². The van der Waals surface area contributed by atoms with Crippen LogP contribution in [0.4, 0.5) is 0 Å². The highest BCUT2D eigenvalue weighted by Gasteiger charge is 2.79. The standard InChI is InChI=1S/C21H23N2O6/c1-27-13-4-3-12-9-14-19-5-6-21(28-2,15(10-19)23(25)26)18-20(19,7-8-22(14)11-24)16(12)17(13)29-18/h3-6,11,14-15,18,25H,7-10H2,1-2H3/q-1. The number of methoxy groups -OCH3 is 2. The van der Waals surface area contributed by atoms with Crippen LogP contribution in [-0.2, 0) is 21.4 Å². The van der Waals surface area contributed by atoms with Crippen molar-refractivity contribution in [1.29, 1.82) is 0 Å². The minimum absolute atomic E-state index is 0.0156. The molecule has 6 atom stereocenters. The van der Waals surface area contributed by atoms with Crippen LogP contribution in [0.5, 0.6) is 11.5 Å². The summed E-state index contributed by atoms with van der Waals surface area (Å²) in [6.07, 6.45) is 6.20. The molecule has 1 aromatic rings. The van der Waals surface area contributed by atoms with Crippen molar-refractivity contribution < 1.29 is 24.2 Å². The van der Waals surface area contributed by atoms with Crippen LogP contribution < -0.4 is 9.47 Å². The first kappa shape index (κ1) is 17.7. The molecule has 2 aliphatic heterocycles. The summed E-state index contributed by atoms with van der Waals surface area (Å²) in [5.74, 6) is 1.36. The fourth-order valence-electron chi connectivity index (χ4n) is 7.36. The Hall–Kier alpha value is -2.13. The van der Waals surface area contributed by atoms with E-state index >= 15 is 0 Å². The molecule has 1 amide bonds. The predicted octanol–water partition coefficient (Wildman–Crippen LogP) is 1.38. The van der Waals surface area contributed by atoms with E-state index in [-0.39, 0.29) is 11.3 Å². The van der Waals surface area contributed by atoms with E-state index in [1.54, 1.807) is 14.2 Å². The van der Waals surface area contributed by atoms with Gasteiger partial charge in [0.15, 0.2) is 11.5 Å². The minimum atomic E-state index is -1.09. The SMILES string of the molecule is COc1ccc2c3c1OC1C4(OC)C=CC5(CC4N([O-])O)C(C2)N(C=O)CCC315. The molecule has 1 saturated carbocycles. The molecular weight excluding hydrogens is 376 g/mol. The smallest absolute Gasteiger partial charge is 0.209 e. The van der Waals surface area contributed by atoms with E-state index in [0.717, 1.165) is 17.5 Å². The summed E-state index contributed by atoms with van der Waals surface area (Å²) in [6.45, 7) is 0.615. The average molecular weight is 399 g/mol. The lowest BCUT2D eigenvalue weighted by molar-refractivity contribution is -0.250. The number of carbonyl (C=O) groups is 1. The molecule has 4 aliphatic carbocycles. The fraction of sp³-hybridized carbons (Fsp3) is 0.571. The van der Waals surface area contributed by atoms with Gasteiger partial charge in [0.2, 0.25) is 6.41 Å². The molecule has 29 heavy (non-hydrogen) atoms. The minimum Gasteiger partial charge on any atom is -0.762 e. The third kappa shape index (κ3) is 1.64. The third-order valence-electron chi connectivity index (χ3n) is 8.42. The zero-order valence-corrected chi connectivity index (χ0v) is 16.3. The number of fused-ring (bicyclic) bond motifs is 1. The van der Waals surface area contributed by atoms with Crippen molar-refractivity contribution in [2.45, 2.75) is 48.5 Å². The van der Waals surface area contributed by atoms with E-state index < -0.39 is 28.6 Å². The molecule has 8 heteroatoms. The van der Waals surface area contributed by atoms with Crippen LogP contribution in [0.3, 0.4) is 0 Å². The van der Waals surface area contributed by atoms with Gasteiger partial charge in [0.1, 0.15) is 11.7 Å². The molecule has 6 aliphatic rings. The first-order chi connectivity index (χ1) is 14.0. The van der Waals surface area contributed by atoms with Crippen molar-refractivity contribution >= 4 is 6.41 Å². The van der Waals surface area contributed by atoms with Crippen LogP contribution >= 0.6 is 0 Å². The normalized spacial score (nSPS) is 42.7. The monoisotopic (exact) mass is 399 g/mol. The number of rotatable bonds is 4. The zero-order valence-electron chi connectivity index (χ0n) is 16.3. The molecule has 2 fully saturated rings. The number of amides is 1. The van der Waals surface area contributed by atoms with E-state index in [9.17, 15) is 15.2 Å². The Morgan fingerprint density at radius 2 is 2.21 bits per heavy atom. The fourth-order valence-corrected chi connectivity index (χ4v) is 7.36. The zero-order chi connectivity index (χ0) is 20.2. The summed E-state index contributed by atoms with van der Waals surface area (Å²) in [4.78, 5) is 13.8. The Balaban J connectivity index is 1.70. The Labute approximate surface area is 168 Å². The topological polar surface area (TPSA) is 94.5 Å². The maximum Gasteiger partial charge on any atom is 0.209 e. The van der Waals surface area contributed by atoms with Crippen LogP contribution in [0, 0.1) is 10.6 Å². The highest BCUT2D eigenvalue weighted by atomic mass is 16.8. The summed E-state index contributed by atoms with van der Waals surface area (Å²) < 4.78 is 18.2. The van der Waals surface area contributed by atoms with Gasteiger partial charge in [-0.2, -0.15) is 0 Å². The van der Waals surface area contributed by atoms with Gasteiger partial charge < -0.3 is 29.5 Å². The molecule has 2 spiro atoms. The summed E-state index contributed by atoms with van der Waals surface area (Å²) in [6, 6.07) is 3.03. The van der Waals surface area contributed by atoms with Gasteiger partial charge in [0, 0.05) is 30.7 Å². The lowest BCUT2D eigenvalue weighted by atomic mass is 9.38. The molecule has 1 N–H and O–H groups in total. The molecule has 1 saturated heterocycles. The van der Waals surface area contributed by atoms with Crippen molar-refractivity contribution in [3.05, 3.63) is 40.6 Å². The number of ether oxygens (including phenoxy) is 3. The second-order valence-corrected chi connectivity index (χ2v) is 8.87. The van der Waals surface area contributed by atoms with Crippen LogP contribution in [0.1, 0.15) is 24.0 Å². The Bertz CT molecular complexity index is 949. The molecule has 154 valence electrons. The van der Waals surface area contributed by atoms with Gasteiger partial charge in [-0.15, -0.1) is 0 Å². The highest BCUT2D eigenvalue weighted by molar-refractivity contribution is 5.67. The number of hydroxylamine groups is 2. The molecule has 0 aromatic heterocycles. The van der Waals surface area contributed by atoms with Gasteiger partial charge in [-0.3, -0.25) is 10.0 Å². The van der Waals surface area contributed by atoms with Crippen LogP contribution in [0.25, 0.3) is 0 Å². The Kier molecular flexibility index (Phi) is 3.24. The molecule has 1 aromatic carbocycles. The summed E-state index contributed by atoms with van der Waals surface area (Å²) >= 11 is 0. The van der Waals surface area contributed by atoms with E-state index in [0.29, 0.717) is 37.3 Å². The van der Waals surface area contributed by atoms with Crippen LogP contribution in [-0.4, -0.2) is 66.3 Å². The van der Waals surface area contributed by atoms with Gasteiger partial charge in [-0.25, -0.2) is 0 Å². The molecular formula is C21H23N2O6-. The number of piperidine rings is 1. The third-order valence-corrected chi connectivity index (χ3v) is 8.42. The maximum atomic E-state index is 12.3. The second-order valence-electron chi connectivity index (χ2n) is 8.87. The second kappa shape index (κ2) is 5.31. The number of likely N-dealkylation sites (tertiary alicyclic amines) is 1. The largest absolute Gasteiger partial charge is 0.762 e. The number of carbonyl (C=O) groups excluding carboxylic acids is 1. The molecule has 7 rings (SSSR count). The highest BCUT2D eigenvalue weighted by Crippen LogP contribution is 2.73. The molecule has 4 bridgehead atoms. The summed E-state index contributed by atoms with van der Waals surface area (Å²) in [5.41, 5.74) is 0.231. The van der Waals surface area contributed by atoms with Crippen LogP contribution in [0.2, 0.25) is 0 Å². The first-order valence-electron chi connectivity index (χ1n) is 9.98. The number of hydrogen-bond donors (Lipinski definition) is 1. The molecule has 8 nitrogen and oxygen atoms in total. The number of hydrogen-bond acceptors (Lipinski definition) is 7. The van der Waals surface area contributed by atoms with Crippen molar-refractivity contribution in [3.8, 4) is 11.5 Å². The van der Waals surface area contributed by atoms with Gasteiger partial charge >= 0.3 is 0 Å². The lowest BCUT2D eigenvalue weighted by Crippen LogP contribution is -2.81. The van der Waals surface area contributed by atoms with Gasteiger partial charge in [-0.1, -0.05) is 18.2 Å².